The van der Waals surface area contributed by atoms with Gasteiger partial charge in [-0.1, -0.05) is 6.92 Å². The molecule has 0 aliphatic rings. The van der Waals surface area contributed by atoms with Crippen molar-refractivity contribution in [1.29, 1.82) is 0 Å². The maximum absolute atomic E-state index is 13.7. The van der Waals surface area contributed by atoms with Crippen LogP contribution in [-0.2, 0) is 4.74 Å². The van der Waals surface area contributed by atoms with Gasteiger partial charge in [0.15, 0.2) is 11.6 Å². The van der Waals surface area contributed by atoms with E-state index in [4.69, 9.17) is 5.11 Å². The SMILES string of the molecule is COC(=O)c1ccc(NCC(C)CCO)c(F)c1F. The fourth-order valence-corrected chi connectivity index (χ4v) is 1.56. The molecule has 0 radical (unpaired) electrons. The Balaban J connectivity index is 2.82. The van der Waals surface area contributed by atoms with Crippen LogP contribution in [0.15, 0.2) is 12.1 Å². The van der Waals surface area contributed by atoms with E-state index in [0.717, 1.165) is 7.11 Å². The van der Waals surface area contributed by atoms with Gasteiger partial charge in [-0.2, -0.15) is 0 Å². The molecule has 0 saturated carbocycles. The third-order valence-electron chi connectivity index (χ3n) is 2.75. The van der Waals surface area contributed by atoms with Crippen LogP contribution in [-0.4, -0.2) is 31.3 Å². The summed E-state index contributed by atoms with van der Waals surface area (Å²) >= 11 is 0. The number of anilines is 1. The van der Waals surface area contributed by atoms with E-state index in [1.165, 1.54) is 12.1 Å². The quantitative estimate of drug-likeness (QED) is 0.780. The molecule has 4 nitrogen and oxygen atoms in total. The fourth-order valence-electron chi connectivity index (χ4n) is 1.56. The van der Waals surface area contributed by atoms with Crippen molar-refractivity contribution >= 4 is 11.7 Å². The van der Waals surface area contributed by atoms with Crippen molar-refractivity contribution < 1.29 is 23.4 Å². The number of carbonyl (C=O) groups is 1. The average molecular weight is 273 g/mol. The number of rotatable bonds is 6. The average Bonchev–Trinajstić information content (AvgIpc) is 2.40. The molecule has 19 heavy (non-hydrogen) atoms. The molecule has 1 aromatic carbocycles. The van der Waals surface area contributed by atoms with E-state index in [1.807, 2.05) is 6.92 Å². The second kappa shape index (κ2) is 7.04. The van der Waals surface area contributed by atoms with Crippen LogP contribution in [0.1, 0.15) is 23.7 Å². The first-order chi connectivity index (χ1) is 9.01. The smallest absolute Gasteiger partial charge is 0.340 e. The third kappa shape index (κ3) is 3.89. The second-order valence-corrected chi connectivity index (χ2v) is 4.28. The topological polar surface area (TPSA) is 58.6 Å². The second-order valence-electron chi connectivity index (χ2n) is 4.28. The number of esters is 1. The van der Waals surface area contributed by atoms with E-state index in [9.17, 15) is 13.6 Å². The normalized spacial score (nSPS) is 12.1. The molecule has 0 heterocycles. The maximum atomic E-state index is 13.7. The minimum absolute atomic E-state index is 0.0186. The highest BCUT2D eigenvalue weighted by molar-refractivity contribution is 5.90. The van der Waals surface area contributed by atoms with E-state index in [1.54, 1.807) is 0 Å². The van der Waals surface area contributed by atoms with E-state index >= 15 is 0 Å². The van der Waals surface area contributed by atoms with Gasteiger partial charge in [-0.25, -0.2) is 13.6 Å². The van der Waals surface area contributed by atoms with E-state index in [-0.39, 0.29) is 18.2 Å². The molecule has 0 aliphatic heterocycles. The number of benzene rings is 1. The number of carbonyl (C=O) groups excluding carboxylic acids is 1. The van der Waals surface area contributed by atoms with Gasteiger partial charge in [0.2, 0.25) is 0 Å². The summed E-state index contributed by atoms with van der Waals surface area (Å²) in [6.07, 6.45) is 0.567. The molecule has 0 spiro atoms. The van der Waals surface area contributed by atoms with Gasteiger partial charge in [0.05, 0.1) is 18.4 Å². The first kappa shape index (κ1) is 15.4. The van der Waals surface area contributed by atoms with Gasteiger partial charge < -0.3 is 15.2 Å². The molecule has 6 heteroatoms. The molecule has 0 amide bonds. The van der Waals surface area contributed by atoms with Crippen molar-refractivity contribution in [1.82, 2.24) is 0 Å². The minimum atomic E-state index is -1.23. The van der Waals surface area contributed by atoms with Gasteiger partial charge in [-0.05, 0) is 24.5 Å². The van der Waals surface area contributed by atoms with Crippen LogP contribution in [0, 0.1) is 17.6 Å². The summed E-state index contributed by atoms with van der Waals surface area (Å²) in [4.78, 5) is 11.2. The molecule has 1 unspecified atom stereocenters. The lowest BCUT2D eigenvalue weighted by atomic mass is 10.1. The highest BCUT2D eigenvalue weighted by Crippen LogP contribution is 2.21. The van der Waals surface area contributed by atoms with E-state index < -0.39 is 23.2 Å². The van der Waals surface area contributed by atoms with Crippen LogP contribution in [0.3, 0.4) is 0 Å². The lowest BCUT2D eigenvalue weighted by molar-refractivity contribution is 0.0594. The molecule has 0 aromatic heterocycles. The number of hydrogen-bond acceptors (Lipinski definition) is 4. The predicted molar refractivity (Wildman–Crippen MR) is 67.1 cm³/mol. The summed E-state index contributed by atoms with van der Waals surface area (Å²) in [7, 11) is 1.10. The molecule has 2 N–H and O–H groups in total. The molecule has 0 fully saturated rings. The van der Waals surface area contributed by atoms with E-state index in [0.29, 0.717) is 13.0 Å². The Hall–Kier alpha value is -1.69. The van der Waals surface area contributed by atoms with Gasteiger partial charge >= 0.3 is 5.97 Å². The molecule has 0 saturated heterocycles. The zero-order valence-corrected chi connectivity index (χ0v) is 10.9. The Morgan fingerprint density at radius 2 is 2.11 bits per heavy atom. The molecular weight excluding hydrogens is 256 g/mol. The zero-order chi connectivity index (χ0) is 14.4. The lowest BCUT2D eigenvalue weighted by Crippen LogP contribution is -2.15. The first-order valence-electron chi connectivity index (χ1n) is 5.92. The molecule has 1 aromatic rings. The summed E-state index contributed by atoms with van der Waals surface area (Å²) in [6.45, 7) is 2.32. The molecule has 1 rings (SSSR count). The number of nitrogens with one attached hydrogen (secondary N) is 1. The predicted octanol–water partition coefficient (Wildman–Crippen LogP) is 2.18. The Morgan fingerprint density at radius 1 is 1.42 bits per heavy atom. The van der Waals surface area contributed by atoms with Crippen LogP contribution >= 0.6 is 0 Å². The van der Waals surface area contributed by atoms with Crippen LogP contribution < -0.4 is 5.32 Å². The minimum Gasteiger partial charge on any atom is -0.465 e. The first-order valence-corrected chi connectivity index (χ1v) is 5.92. The number of ether oxygens (including phenoxy) is 1. The monoisotopic (exact) mass is 273 g/mol. The summed E-state index contributed by atoms with van der Waals surface area (Å²) in [6, 6.07) is 2.46. The van der Waals surface area contributed by atoms with E-state index in [2.05, 4.69) is 10.1 Å². The van der Waals surface area contributed by atoms with Crippen molar-refractivity contribution in [2.45, 2.75) is 13.3 Å². The van der Waals surface area contributed by atoms with Gasteiger partial charge in [0.25, 0.3) is 0 Å². The fraction of sp³-hybridized carbons (Fsp3) is 0.462. The highest BCUT2D eigenvalue weighted by atomic mass is 19.2. The Bertz CT molecular complexity index is 452. The summed E-state index contributed by atoms with van der Waals surface area (Å²) < 4.78 is 31.7. The van der Waals surface area contributed by atoms with Crippen molar-refractivity contribution in [3.05, 3.63) is 29.3 Å². The maximum Gasteiger partial charge on any atom is 0.340 e. The number of methoxy groups -OCH3 is 1. The summed E-state index contributed by atoms with van der Waals surface area (Å²) in [5.74, 6) is -3.14. The zero-order valence-electron chi connectivity index (χ0n) is 10.9. The number of aliphatic hydroxyl groups is 1. The Kier molecular flexibility index (Phi) is 5.69. The lowest BCUT2D eigenvalue weighted by Gasteiger charge is -2.13. The Morgan fingerprint density at radius 3 is 2.68 bits per heavy atom. The number of halogens is 2. The molecule has 0 bridgehead atoms. The number of hydrogen-bond donors (Lipinski definition) is 2. The van der Waals surface area contributed by atoms with Crippen molar-refractivity contribution in [3.63, 3.8) is 0 Å². The summed E-state index contributed by atoms with van der Waals surface area (Å²) in [5.41, 5.74) is -0.455. The van der Waals surface area contributed by atoms with Gasteiger partial charge in [0, 0.05) is 13.2 Å². The summed E-state index contributed by atoms with van der Waals surface area (Å²) in [5, 5.41) is 11.5. The third-order valence-corrected chi connectivity index (χ3v) is 2.75. The van der Waals surface area contributed by atoms with Crippen LogP contribution in [0.2, 0.25) is 0 Å². The largest absolute Gasteiger partial charge is 0.465 e. The number of aliphatic hydroxyl groups excluding tert-OH is 1. The Labute approximate surface area is 110 Å². The van der Waals surface area contributed by atoms with Crippen LogP contribution in [0.25, 0.3) is 0 Å². The van der Waals surface area contributed by atoms with Gasteiger partial charge in [0.1, 0.15) is 0 Å². The highest BCUT2D eigenvalue weighted by Gasteiger charge is 2.19. The van der Waals surface area contributed by atoms with Crippen molar-refractivity contribution in [2.24, 2.45) is 5.92 Å². The van der Waals surface area contributed by atoms with Crippen molar-refractivity contribution in [3.8, 4) is 0 Å². The van der Waals surface area contributed by atoms with Gasteiger partial charge in [-0.15, -0.1) is 0 Å². The molecular formula is C13H17F2NO3. The van der Waals surface area contributed by atoms with Gasteiger partial charge in [-0.3, -0.25) is 0 Å². The van der Waals surface area contributed by atoms with Crippen LogP contribution in [0.5, 0.6) is 0 Å². The molecule has 0 aliphatic carbocycles. The van der Waals surface area contributed by atoms with Crippen LogP contribution in [0.4, 0.5) is 14.5 Å². The standard InChI is InChI=1S/C13H17F2NO3/c1-8(5-6-17)7-16-10-4-3-9(13(18)19-2)11(14)12(10)15/h3-4,8,16-17H,5-7H2,1-2H3. The molecule has 1 atom stereocenters. The van der Waals surface area contributed by atoms with Crippen molar-refractivity contribution in [2.75, 3.05) is 25.6 Å². The molecule has 106 valence electrons.